The van der Waals surface area contributed by atoms with Crippen molar-refractivity contribution >= 4 is 33.0 Å². The first kappa shape index (κ1) is 13.6. The Bertz CT molecular complexity index is 524. The molecule has 0 radical (unpaired) electrons. The molecule has 2 rings (SSSR count). The summed E-state index contributed by atoms with van der Waals surface area (Å²) in [5.41, 5.74) is 1.92. The first-order valence-electron chi connectivity index (χ1n) is 5.85. The minimum Gasteiger partial charge on any atom is -0.389 e. The second-order valence-electron chi connectivity index (χ2n) is 4.30. The zero-order valence-corrected chi connectivity index (χ0v) is 12.8. The minimum absolute atomic E-state index is 0.223. The maximum atomic E-state index is 9.75. The smallest absolute Gasteiger partial charge is 0.0781 e. The molecule has 4 heteroatoms. The van der Waals surface area contributed by atoms with Crippen molar-refractivity contribution in [3.63, 3.8) is 0 Å². The molecule has 2 nitrogen and oxygen atoms in total. The fourth-order valence-electron chi connectivity index (χ4n) is 1.85. The first-order valence-corrected chi connectivity index (χ1v) is 7.52. The van der Waals surface area contributed by atoms with E-state index in [-0.39, 0.29) is 6.04 Å². The van der Waals surface area contributed by atoms with Gasteiger partial charge < -0.3 is 10.4 Å². The van der Waals surface area contributed by atoms with Crippen LogP contribution in [0.25, 0.3) is 0 Å². The van der Waals surface area contributed by atoms with Gasteiger partial charge in [0.15, 0.2) is 0 Å². The average Bonchev–Trinajstić information content (AvgIpc) is 2.76. The molecule has 1 aromatic heterocycles. The van der Waals surface area contributed by atoms with Gasteiger partial charge in [-0.25, -0.2) is 0 Å². The molecule has 2 N–H and O–H groups in total. The van der Waals surface area contributed by atoms with Crippen LogP contribution in [0.3, 0.4) is 0 Å². The monoisotopic (exact) mass is 325 g/mol. The summed E-state index contributed by atoms with van der Waals surface area (Å²) in [5.74, 6) is 0. The lowest BCUT2D eigenvalue weighted by molar-refractivity contribution is 0.200. The molecule has 0 fully saturated rings. The summed E-state index contributed by atoms with van der Waals surface area (Å²) in [7, 11) is 0. The maximum Gasteiger partial charge on any atom is 0.0781 e. The van der Waals surface area contributed by atoms with Crippen molar-refractivity contribution in [1.82, 2.24) is 0 Å². The van der Waals surface area contributed by atoms with Crippen LogP contribution in [0.4, 0.5) is 5.69 Å². The molecule has 2 atom stereocenters. The first-order chi connectivity index (χ1) is 8.58. The molecule has 0 spiro atoms. The molecule has 1 heterocycles. The van der Waals surface area contributed by atoms with Crippen molar-refractivity contribution in [2.45, 2.75) is 26.0 Å². The second kappa shape index (κ2) is 5.87. The van der Waals surface area contributed by atoms with Crippen molar-refractivity contribution in [2.24, 2.45) is 0 Å². The van der Waals surface area contributed by atoms with Crippen LogP contribution in [0.15, 0.2) is 40.2 Å². The van der Waals surface area contributed by atoms with Crippen LogP contribution < -0.4 is 5.32 Å². The lowest BCUT2D eigenvalue weighted by Gasteiger charge is -2.18. The van der Waals surface area contributed by atoms with Gasteiger partial charge in [-0.15, -0.1) is 11.3 Å². The van der Waals surface area contributed by atoms with Crippen molar-refractivity contribution < 1.29 is 5.11 Å². The highest BCUT2D eigenvalue weighted by molar-refractivity contribution is 9.10. The number of nitrogens with one attached hydrogen (secondary N) is 1. The molecule has 0 aliphatic heterocycles. The van der Waals surface area contributed by atoms with E-state index in [9.17, 15) is 5.11 Å². The van der Waals surface area contributed by atoms with Crippen molar-refractivity contribution in [3.05, 3.63) is 50.6 Å². The SMILES string of the molecule is CC(O)c1ccccc1NC(C)c1cc(Br)cs1. The van der Waals surface area contributed by atoms with Gasteiger partial charge in [-0.1, -0.05) is 18.2 Å². The quantitative estimate of drug-likeness (QED) is 0.851. The van der Waals surface area contributed by atoms with Crippen LogP contribution in [-0.2, 0) is 0 Å². The van der Waals surface area contributed by atoms with E-state index in [0.29, 0.717) is 0 Å². The summed E-state index contributed by atoms with van der Waals surface area (Å²) in [5, 5.41) is 15.3. The van der Waals surface area contributed by atoms with E-state index >= 15 is 0 Å². The van der Waals surface area contributed by atoms with E-state index in [1.165, 1.54) is 4.88 Å². The summed E-state index contributed by atoms with van der Waals surface area (Å²) >= 11 is 5.19. The van der Waals surface area contributed by atoms with Crippen LogP contribution in [0.5, 0.6) is 0 Å². The fraction of sp³-hybridized carbons (Fsp3) is 0.286. The third-order valence-corrected chi connectivity index (χ3v) is 4.67. The maximum absolute atomic E-state index is 9.75. The molecule has 2 aromatic rings. The Labute approximate surface area is 120 Å². The van der Waals surface area contributed by atoms with Gasteiger partial charge in [-0.05, 0) is 41.9 Å². The van der Waals surface area contributed by atoms with Crippen molar-refractivity contribution in [2.75, 3.05) is 5.32 Å². The molecule has 0 amide bonds. The molecular weight excluding hydrogens is 310 g/mol. The number of thiophene rings is 1. The third kappa shape index (κ3) is 3.13. The second-order valence-corrected chi connectivity index (χ2v) is 6.16. The molecule has 1 aromatic carbocycles. The van der Waals surface area contributed by atoms with E-state index in [4.69, 9.17) is 0 Å². The summed E-state index contributed by atoms with van der Waals surface area (Å²) in [4.78, 5) is 1.27. The van der Waals surface area contributed by atoms with E-state index < -0.39 is 6.10 Å². The molecule has 0 bridgehead atoms. The van der Waals surface area contributed by atoms with Crippen molar-refractivity contribution in [3.8, 4) is 0 Å². The van der Waals surface area contributed by atoms with Gasteiger partial charge in [0.25, 0.3) is 0 Å². The Morgan fingerprint density at radius 1 is 1.28 bits per heavy atom. The highest BCUT2D eigenvalue weighted by atomic mass is 79.9. The van der Waals surface area contributed by atoms with Gasteiger partial charge in [-0.2, -0.15) is 0 Å². The normalized spacial score (nSPS) is 14.2. The standard InChI is InChI=1S/C14H16BrNOS/c1-9(14-7-11(15)8-18-14)16-13-6-4-3-5-12(13)10(2)17/h3-10,16-17H,1-2H3. The van der Waals surface area contributed by atoms with Crippen LogP contribution in [0.2, 0.25) is 0 Å². The number of benzene rings is 1. The molecule has 2 unspecified atom stereocenters. The molecule has 18 heavy (non-hydrogen) atoms. The Balaban J connectivity index is 2.19. The van der Waals surface area contributed by atoms with E-state index in [0.717, 1.165) is 15.7 Å². The zero-order valence-electron chi connectivity index (χ0n) is 10.4. The average molecular weight is 326 g/mol. The molecule has 0 saturated carbocycles. The lowest BCUT2D eigenvalue weighted by atomic mass is 10.1. The molecular formula is C14H16BrNOS. The molecule has 0 saturated heterocycles. The number of anilines is 1. The van der Waals surface area contributed by atoms with E-state index in [1.54, 1.807) is 18.3 Å². The van der Waals surface area contributed by atoms with Gasteiger partial charge in [0.1, 0.15) is 0 Å². The van der Waals surface area contributed by atoms with Gasteiger partial charge >= 0.3 is 0 Å². The number of aliphatic hydroxyl groups is 1. The molecule has 0 aliphatic rings. The zero-order chi connectivity index (χ0) is 13.1. The van der Waals surface area contributed by atoms with Gasteiger partial charge in [0.05, 0.1) is 12.1 Å². The predicted molar refractivity (Wildman–Crippen MR) is 81.1 cm³/mol. The van der Waals surface area contributed by atoms with E-state index in [2.05, 4.69) is 39.6 Å². The van der Waals surface area contributed by atoms with Gasteiger partial charge in [-0.3, -0.25) is 0 Å². The summed E-state index contributed by atoms with van der Waals surface area (Å²) < 4.78 is 1.11. The Morgan fingerprint density at radius 2 is 2.00 bits per heavy atom. The third-order valence-electron chi connectivity index (χ3n) is 2.80. The summed E-state index contributed by atoms with van der Waals surface area (Å²) in [6.07, 6.45) is -0.462. The van der Waals surface area contributed by atoms with Gasteiger partial charge in [0, 0.05) is 26.0 Å². The predicted octanol–water partition coefficient (Wildman–Crippen LogP) is 4.74. The fourth-order valence-corrected chi connectivity index (χ4v) is 3.31. The van der Waals surface area contributed by atoms with Crippen LogP contribution in [-0.4, -0.2) is 5.11 Å². The lowest BCUT2D eigenvalue weighted by Crippen LogP contribution is -2.08. The number of aliphatic hydroxyl groups excluding tert-OH is 1. The summed E-state index contributed by atoms with van der Waals surface area (Å²) in [6, 6.07) is 10.2. The number of hydrogen-bond donors (Lipinski definition) is 2. The Hall–Kier alpha value is -0.840. The highest BCUT2D eigenvalue weighted by Gasteiger charge is 2.12. The number of halogens is 1. The van der Waals surface area contributed by atoms with Crippen LogP contribution >= 0.6 is 27.3 Å². The molecule has 0 aliphatic carbocycles. The molecule has 96 valence electrons. The van der Waals surface area contributed by atoms with Gasteiger partial charge in [0.2, 0.25) is 0 Å². The highest BCUT2D eigenvalue weighted by Crippen LogP contribution is 2.30. The Kier molecular flexibility index (Phi) is 4.43. The van der Waals surface area contributed by atoms with Crippen molar-refractivity contribution in [1.29, 1.82) is 0 Å². The largest absolute Gasteiger partial charge is 0.389 e. The summed E-state index contributed by atoms with van der Waals surface area (Å²) in [6.45, 7) is 3.91. The number of rotatable bonds is 4. The van der Waals surface area contributed by atoms with Crippen LogP contribution in [0, 0.1) is 0 Å². The topological polar surface area (TPSA) is 32.3 Å². The minimum atomic E-state index is -0.462. The van der Waals surface area contributed by atoms with E-state index in [1.807, 2.05) is 24.3 Å². The Morgan fingerprint density at radius 3 is 2.61 bits per heavy atom. The van der Waals surface area contributed by atoms with Crippen LogP contribution in [0.1, 0.15) is 36.4 Å². The number of hydrogen-bond acceptors (Lipinski definition) is 3. The number of para-hydroxylation sites is 1.